The van der Waals surface area contributed by atoms with Crippen molar-refractivity contribution >= 4 is 0 Å². The lowest BCUT2D eigenvalue weighted by molar-refractivity contribution is -0.909. The zero-order chi connectivity index (χ0) is 18.4. The molecule has 3 rings (SSSR count). The van der Waals surface area contributed by atoms with Crippen molar-refractivity contribution in [2.24, 2.45) is 5.92 Å². The number of likely N-dealkylation sites (tertiary alicyclic amines) is 1. The Morgan fingerprint density at radius 3 is 2.50 bits per heavy atom. The van der Waals surface area contributed by atoms with Crippen LogP contribution in [0.1, 0.15) is 29.5 Å². The van der Waals surface area contributed by atoms with Gasteiger partial charge in [-0.3, -0.25) is 0 Å². The lowest BCUT2D eigenvalue weighted by Gasteiger charge is -2.30. The molecule has 1 aliphatic heterocycles. The lowest BCUT2D eigenvalue weighted by atomic mass is 9.90. The number of hydrogen-bond donors (Lipinski definition) is 2. The van der Waals surface area contributed by atoms with Gasteiger partial charge < -0.3 is 14.7 Å². The van der Waals surface area contributed by atoms with E-state index in [1.165, 1.54) is 35.3 Å². The van der Waals surface area contributed by atoms with Gasteiger partial charge in [0.15, 0.2) is 0 Å². The first-order chi connectivity index (χ1) is 12.6. The number of aryl methyl sites for hydroxylation is 2. The highest BCUT2D eigenvalue weighted by atomic mass is 16.5. The fraction of sp³-hybridized carbons (Fsp3) is 0.478. The third-order valence-electron chi connectivity index (χ3n) is 5.47. The minimum Gasteiger partial charge on any atom is -0.490 e. The Labute approximate surface area is 157 Å². The zero-order valence-corrected chi connectivity index (χ0v) is 16.1. The Balaban J connectivity index is 1.38. The highest BCUT2D eigenvalue weighted by Gasteiger charge is 2.24. The van der Waals surface area contributed by atoms with Crippen LogP contribution in [0.25, 0.3) is 0 Å². The van der Waals surface area contributed by atoms with Gasteiger partial charge in [-0.15, -0.1) is 0 Å². The summed E-state index contributed by atoms with van der Waals surface area (Å²) in [4.78, 5) is 1.51. The Hall–Kier alpha value is -1.84. The molecule has 1 fully saturated rings. The van der Waals surface area contributed by atoms with Crippen LogP contribution >= 0.6 is 0 Å². The Morgan fingerprint density at radius 1 is 1.08 bits per heavy atom. The van der Waals surface area contributed by atoms with Crippen molar-refractivity contribution in [3.63, 3.8) is 0 Å². The average Bonchev–Trinajstić information content (AvgIpc) is 2.63. The van der Waals surface area contributed by atoms with E-state index in [9.17, 15) is 5.11 Å². The van der Waals surface area contributed by atoms with Gasteiger partial charge in [-0.25, -0.2) is 0 Å². The van der Waals surface area contributed by atoms with Crippen LogP contribution in [0.4, 0.5) is 0 Å². The summed E-state index contributed by atoms with van der Waals surface area (Å²) >= 11 is 0. The van der Waals surface area contributed by atoms with E-state index in [2.05, 4.69) is 56.3 Å². The van der Waals surface area contributed by atoms with Gasteiger partial charge in [-0.2, -0.15) is 0 Å². The molecule has 2 aromatic carbocycles. The molecule has 0 aliphatic carbocycles. The van der Waals surface area contributed by atoms with Crippen LogP contribution in [0.3, 0.4) is 0 Å². The first-order valence-electron chi connectivity index (χ1n) is 9.86. The largest absolute Gasteiger partial charge is 0.490 e. The normalized spacial score (nSPS) is 21.3. The molecule has 1 atom stereocenters. The van der Waals surface area contributed by atoms with Crippen LogP contribution < -0.4 is 9.64 Å². The summed E-state index contributed by atoms with van der Waals surface area (Å²) in [6.07, 6.45) is 3.27. The molecule has 3 heteroatoms. The van der Waals surface area contributed by atoms with Crippen molar-refractivity contribution in [2.45, 2.75) is 39.2 Å². The second-order valence-electron chi connectivity index (χ2n) is 7.82. The maximum Gasteiger partial charge on any atom is 0.137 e. The number of rotatable bonds is 7. The van der Waals surface area contributed by atoms with Crippen LogP contribution in [0, 0.1) is 19.8 Å². The number of aliphatic hydroxyl groups excluding tert-OH is 1. The molecule has 0 spiro atoms. The molecule has 0 amide bonds. The molecule has 26 heavy (non-hydrogen) atoms. The van der Waals surface area contributed by atoms with Crippen molar-refractivity contribution in [1.82, 2.24) is 0 Å². The van der Waals surface area contributed by atoms with E-state index in [4.69, 9.17) is 4.74 Å². The highest BCUT2D eigenvalue weighted by molar-refractivity contribution is 5.35. The third-order valence-corrected chi connectivity index (χ3v) is 5.47. The van der Waals surface area contributed by atoms with E-state index in [-0.39, 0.29) is 0 Å². The topological polar surface area (TPSA) is 33.9 Å². The van der Waals surface area contributed by atoms with Crippen LogP contribution in [0.5, 0.6) is 5.75 Å². The van der Waals surface area contributed by atoms with Crippen molar-refractivity contribution in [1.29, 1.82) is 0 Å². The van der Waals surface area contributed by atoms with Crippen molar-refractivity contribution in [2.75, 3.05) is 26.2 Å². The number of aliphatic hydroxyl groups is 1. The maximum atomic E-state index is 10.4. The number of piperidine rings is 1. The van der Waals surface area contributed by atoms with E-state index in [1.807, 2.05) is 6.07 Å². The maximum absolute atomic E-state index is 10.4. The minimum atomic E-state index is -0.406. The van der Waals surface area contributed by atoms with Crippen LogP contribution in [0.2, 0.25) is 0 Å². The van der Waals surface area contributed by atoms with E-state index in [1.54, 1.807) is 0 Å². The molecule has 1 saturated heterocycles. The van der Waals surface area contributed by atoms with Gasteiger partial charge in [0.2, 0.25) is 0 Å². The molecule has 2 aromatic rings. The third kappa shape index (κ3) is 5.58. The molecule has 1 heterocycles. The molecular formula is C23H32NO2+. The minimum absolute atomic E-state index is 0.376. The molecule has 0 saturated carbocycles. The number of nitrogens with one attached hydrogen (secondary N) is 1. The first kappa shape index (κ1) is 18.9. The second-order valence-corrected chi connectivity index (χ2v) is 7.82. The van der Waals surface area contributed by atoms with Gasteiger partial charge >= 0.3 is 0 Å². The molecule has 1 aliphatic rings. The predicted octanol–water partition coefficient (Wildman–Crippen LogP) is 2.58. The number of hydrogen-bond acceptors (Lipinski definition) is 2. The fourth-order valence-electron chi connectivity index (χ4n) is 3.98. The molecule has 0 aromatic heterocycles. The van der Waals surface area contributed by atoms with Crippen molar-refractivity contribution < 1.29 is 14.7 Å². The summed E-state index contributed by atoms with van der Waals surface area (Å²) < 4.78 is 5.83. The van der Waals surface area contributed by atoms with Gasteiger partial charge in [0.05, 0.1) is 13.1 Å². The predicted molar refractivity (Wildman–Crippen MR) is 106 cm³/mol. The standard InChI is InChI=1S/C23H31NO2/c1-18-8-9-23(19(2)14-18)26-17-22(25)16-24-12-10-21(11-13-24)15-20-6-4-3-5-7-20/h3-9,14,21-22,25H,10-13,15-17H2,1-2H3/p+1/t22-/m0/s1. The van der Waals surface area contributed by atoms with Crippen LogP contribution in [-0.4, -0.2) is 37.5 Å². The van der Waals surface area contributed by atoms with E-state index in [0.717, 1.165) is 36.9 Å². The number of benzene rings is 2. The van der Waals surface area contributed by atoms with E-state index in [0.29, 0.717) is 6.61 Å². The second kappa shape index (κ2) is 9.20. The Morgan fingerprint density at radius 2 is 1.81 bits per heavy atom. The zero-order valence-electron chi connectivity index (χ0n) is 16.1. The van der Waals surface area contributed by atoms with Crippen molar-refractivity contribution in [3.05, 3.63) is 65.2 Å². The molecule has 0 bridgehead atoms. The Kier molecular flexibility index (Phi) is 6.70. The summed E-state index contributed by atoms with van der Waals surface area (Å²) in [5.74, 6) is 1.66. The summed E-state index contributed by atoms with van der Waals surface area (Å²) in [6, 6.07) is 17.0. The molecule has 2 N–H and O–H groups in total. The van der Waals surface area contributed by atoms with Crippen LogP contribution in [-0.2, 0) is 6.42 Å². The monoisotopic (exact) mass is 354 g/mol. The van der Waals surface area contributed by atoms with Gasteiger partial charge in [0.1, 0.15) is 25.0 Å². The van der Waals surface area contributed by atoms with Gasteiger partial charge in [0.25, 0.3) is 0 Å². The van der Waals surface area contributed by atoms with Crippen molar-refractivity contribution in [3.8, 4) is 5.75 Å². The molecule has 140 valence electrons. The molecule has 3 nitrogen and oxygen atoms in total. The molecular weight excluding hydrogens is 322 g/mol. The molecule has 0 radical (unpaired) electrons. The summed E-state index contributed by atoms with van der Waals surface area (Å²) in [6.45, 7) is 7.59. The fourth-order valence-corrected chi connectivity index (χ4v) is 3.98. The molecule has 0 unspecified atom stereocenters. The quantitative estimate of drug-likeness (QED) is 0.801. The van der Waals surface area contributed by atoms with E-state index < -0.39 is 6.10 Å². The smallest absolute Gasteiger partial charge is 0.137 e. The van der Waals surface area contributed by atoms with Gasteiger partial charge in [-0.1, -0.05) is 48.0 Å². The summed E-state index contributed by atoms with van der Waals surface area (Å²) in [5.41, 5.74) is 3.81. The van der Waals surface area contributed by atoms with Gasteiger partial charge in [0, 0.05) is 0 Å². The van der Waals surface area contributed by atoms with Gasteiger partial charge in [-0.05, 0) is 56.2 Å². The van der Waals surface area contributed by atoms with Crippen LogP contribution in [0.15, 0.2) is 48.5 Å². The van der Waals surface area contributed by atoms with E-state index >= 15 is 0 Å². The average molecular weight is 355 g/mol. The SMILES string of the molecule is Cc1ccc(OC[C@@H](O)C[NH+]2CCC(Cc3ccccc3)CC2)c(C)c1. The number of quaternary nitrogens is 1. The Bertz CT molecular complexity index is 678. The first-order valence-corrected chi connectivity index (χ1v) is 9.86. The lowest BCUT2D eigenvalue weighted by Crippen LogP contribution is -3.14. The highest BCUT2D eigenvalue weighted by Crippen LogP contribution is 2.19. The summed E-state index contributed by atoms with van der Waals surface area (Å²) in [7, 11) is 0. The summed E-state index contributed by atoms with van der Waals surface area (Å²) in [5, 5.41) is 10.4. The number of ether oxygens (including phenoxy) is 1.